The van der Waals surface area contributed by atoms with Crippen molar-refractivity contribution in [3.63, 3.8) is 0 Å². The number of carbonyl (C=O) groups is 7. The molecule has 1 amide bonds. The quantitative estimate of drug-likeness (QED) is 0.00947. The number of hydrogen-bond donors (Lipinski definition) is 9. The number of nitrogen functional groups attached to an aromatic ring is 2. The van der Waals surface area contributed by atoms with Crippen LogP contribution < -0.4 is 44.9 Å². The van der Waals surface area contributed by atoms with Gasteiger partial charge >= 0.3 is 11.2 Å². The number of aryl methyl sites for hydroxylation is 5. The summed E-state index contributed by atoms with van der Waals surface area (Å²) in [6.45, 7) is 46.7. The van der Waals surface area contributed by atoms with Crippen molar-refractivity contribution in [3.05, 3.63) is 200 Å². The van der Waals surface area contributed by atoms with Crippen LogP contribution in [0.5, 0.6) is 0 Å². The highest BCUT2D eigenvalue weighted by Crippen LogP contribution is 2.61. The van der Waals surface area contributed by atoms with Crippen LogP contribution in [0.1, 0.15) is 193 Å². The van der Waals surface area contributed by atoms with E-state index in [4.69, 9.17) is 48.4 Å². The van der Waals surface area contributed by atoms with Gasteiger partial charge in [0.2, 0.25) is 11.7 Å². The molecule has 1 fully saturated rings. The maximum absolute atomic E-state index is 12.0. The molecule has 1 aliphatic rings. The molecule has 0 unspecified atom stereocenters. The summed E-state index contributed by atoms with van der Waals surface area (Å²) in [4.78, 5) is 128. The van der Waals surface area contributed by atoms with Crippen molar-refractivity contribution >= 4 is 249 Å². The van der Waals surface area contributed by atoms with E-state index in [-0.39, 0.29) is 70.8 Å². The normalized spacial score (nSPS) is 11.2. The first-order chi connectivity index (χ1) is 58.0. The molecule has 11 aromatic rings. The number of carboxylic acid groups (broad SMARTS) is 1. The van der Waals surface area contributed by atoms with Crippen molar-refractivity contribution in [2.45, 2.75) is 196 Å². The van der Waals surface area contributed by atoms with Crippen molar-refractivity contribution in [2.75, 3.05) is 47.7 Å². The number of aromatic amines is 1. The predicted octanol–water partition coefficient (Wildman–Crippen LogP) is 23.5. The van der Waals surface area contributed by atoms with Gasteiger partial charge in [0.15, 0.2) is 16.7 Å². The number of H-pyrrole nitrogens is 1. The van der Waals surface area contributed by atoms with E-state index in [9.17, 15) is 38.1 Å². The number of amides is 1. The molecule has 0 spiro atoms. The molecule has 0 radical (unpaired) electrons. The number of halogens is 9. The fraction of sp³-hybridized carbons (Fsp3) is 0.382. The lowest BCUT2D eigenvalue weighted by molar-refractivity contribution is -0.150. The van der Waals surface area contributed by atoms with Gasteiger partial charge in [0.25, 0.3) is 11.5 Å². The van der Waals surface area contributed by atoms with Crippen LogP contribution in [0.2, 0.25) is 5.15 Å². The SMILES string of the molecule is C.C=C(C)OCC.CC(=O)O.CC(=O)c1cccc2nc(C)c(NC(C)(C)C)nc12.CC(C)(C)N.COC(=O)C(C)=O.Cc1nc2cccc(Br)c2[nH]c1=O.Cc1nc2cccc(Br)c2nc1Cl.Cc1nc2cccc(Br)c2nc1NC(C)(C)C.Cc1nc2cccc(C(=O)CBr)c2nc1CC(C)(C)C.N.Nc1cccc(Br)c1N.O=C1CCNC(=O)C1.O=P(Cl)(Cl)Cl. The van der Waals surface area contributed by atoms with Crippen LogP contribution in [0, 0.1) is 40.0 Å². The number of hydrogen-bond acceptors (Lipinski definition) is 26. The molecule has 14 N–H and O–H groups in total. The number of nitrogens with zero attached hydrogens (tertiary/aromatic N) is 9. The van der Waals surface area contributed by atoms with Crippen LogP contribution >= 0.6 is 130 Å². The molecule has 1 saturated heterocycles. The molecule has 12 rings (SSSR count). The van der Waals surface area contributed by atoms with Crippen LogP contribution in [0.4, 0.5) is 23.0 Å². The number of benzene rings is 6. The number of aromatic nitrogens is 10. The Bertz CT molecular complexity index is 5660. The summed E-state index contributed by atoms with van der Waals surface area (Å²) in [5.74, 6) is 0.126. The molecule has 29 nitrogen and oxygen atoms in total. The van der Waals surface area contributed by atoms with Crippen LogP contribution in [0.3, 0.4) is 0 Å². The summed E-state index contributed by atoms with van der Waals surface area (Å²) < 4.78 is 22.0. The lowest BCUT2D eigenvalue weighted by Crippen LogP contribution is -2.33. The maximum Gasteiger partial charge on any atom is 0.374 e. The number of aliphatic carboxylic acids is 1. The third-order valence-electron chi connectivity index (χ3n) is 14.8. The van der Waals surface area contributed by atoms with Crippen molar-refractivity contribution in [3.8, 4) is 0 Å². The van der Waals surface area contributed by atoms with E-state index in [0.29, 0.717) is 62.7 Å². The minimum atomic E-state index is -3.22. The van der Waals surface area contributed by atoms with E-state index in [1.165, 1.54) is 7.11 Å². The number of esters is 1. The van der Waals surface area contributed by atoms with Gasteiger partial charge in [-0.3, -0.25) is 38.1 Å². The van der Waals surface area contributed by atoms with Gasteiger partial charge in [0.1, 0.15) is 39.7 Å². The molecule has 0 bridgehead atoms. The standard InChI is InChI=1S/C16H19BrN2O.C15H19N3O.C13H16BrN3.C9H6BrClN2.C9H7BrN2O.C6H7BrN2.C5H7NO2.C5H10O.C4H11N.C4H6O3.C2H4O2.CH4.Cl3OP.H3N/c1-10-13(8-16(2,3)4)19-15-11(14(20)9-17)6-5-7-12(15)18-10;1-9-14(18-15(3,4)5)17-13-11(10(2)19)7-6-8-12(13)16-9;1-8-12(17-13(2,3)4)16-11-9(14)6-5-7-10(11)15-8;1-5-9(11)13-8-6(10)3-2-4-7(8)12-5;1-5-9(13)12-8-6(10)3-2-4-7(8)11-5;7-4-2-1-3-5(8)6(4)9;7-4-1-2-6-5(8)3-4;1-4-6-5(2)3;1-4(2,3)5;1-3(5)4(6)7-2;1-2(3)4;;1-5(2,3)4;/h5-7H,8-9H2,1-4H3;6-8H,1-5H3,(H,17,18);5-7H,1-4H3,(H,16,17);2-4H,1H3;2-4H,1H3,(H,12,13);1-3H,8-9H2;1-3H2,(H,6,8);2,4H2,1,3H3;5H2,1-3H3;1-2H3;1H3,(H,3,4);1H4;;1H3. The van der Waals surface area contributed by atoms with Gasteiger partial charge < -0.3 is 58.9 Å². The number of carbonyl (C=O) groups excluding carboxylic acids is 6. The second-order valence-electron chi connectivity index (χ2n) is 31.6. The number of Topliss-reactive ketones (excluding diaryl/α,β-unsaturated/α-hetero) is 4. The number of nitrogens with two attached hydrogens (primary N) is 3. The van der Waals surface area contributed by atoms with Crippen molar-refractivity contribution < 1.29 is 52.7 Å². The Morgan fingerprint density at radius 3 is 1.33 bits per heavy atom. The van der Waals surface area contributed by atoms with Gasteiger partial charge in [-0.2, -0.15) is 0 Å². The van der Waals surface area contributed by atoms with E-state index in [2.05, 4.69) is 248 Å². The Balaban J connectivity index is 0. The van der Waals surface area contributed by atoms with Gasteiger partial charge in [-0.05, 0) is 300 Å². The largest absolute Gasteiger partial charge is 0.499 e. The number of nitrogens with one attached hydrogen (secondary N) is 4. The summed E-state index contributed by atoms with van der Waals surface area (Å²) in [6, 6.07) is 33.8. The Morgan fingerprint density at radius 1 is 0.578 bits per heavy atom. The Morgan fingerprint density at radius 2 is 0.961 bits per heavy atom. The number of para-hydroxylation sites is 6. The molecule has 5 aromatic heterocycles. The number of ketones is 4. The summed E-state index contributed by atoms with van der Waals surface area (Å²) >= 11 is 36.4. The zero-order valence-corrected chi connectivity index (χ0v) is 87.4. The molecular formula is C89H119Br5Cl4N17O12P. The number of rotatable bonds is 9. The van der Waals surface area contributed by atoms with Crippen molar-refractivity contribution in [2.24, 2.45) is 11.1 Å². The molecule has 0 aliphatic carbocycles. The van der Waals surface area contributed by atoms with Crippen molar-refractivity contribution in [1.29, 1.82) is 0 Å². The molecule has 1 aliphatic heterocycles. The average molecular weight is 2190 g/mol. The Hall–Kier alpha value is -8.64. The molecular weight excluding hydrogens is 2070 g/mol. The number of methoxy groups -OCH3 is 1. The number of fused-ring (bicyclic) bond motifs is 5. The predicted molar refractivity (Wildman–Crippen MR) is 544 cm³/mol. The highest BCUT2D eigenvalue weighted by molar-refractivity contribution is 9.11. The molecule has 39 heteroatoms. The van der Waals surface area contributed by atoms with Crippen molar-refractivity contribution in [1.82, 2.24) is 61.3 Å². The van der Waals surface area contributed by atoms with Gasteiger partial charge in [-0.1, -0.05) is 98.7 Å². The second-order valence-corrected chi connectivity index (χ2v) is 42.6. The van der Waals surface area contributed by atoms with Gasteiger partial charge in [0, 0.05) is 72.4 Å². The van der Waals surface area contributed by atoms with E-state index in [1.54, 1.807) is 26.0 Å². The highest BCUT2D eigenvalue weighted by Gasteiger charge is 2.21. The molecule has 0 saturated carbocycles. The third-order valence-corrected chi connectivity index (χ3v) is 18.3. The van der Waals surface area contributed by atoms with E-state index in [1.807, 2.05) is 159 Å². The van der Waals surface area contributed by atoms with E-state index < -0.39 is 22.9 Å². The number of ether oxygens (including phenoxy) is 2. The lowest BCUT2D eigenvalue weighted by Gasteiger charge is -2.22. The maximum atomic E-state index is 12.0. The highest BCUT2D eigenvalue weighted by atomic mass is 79.9. The number of piperidine rings is 1. The number of carboxylic acids is 1. The summed E-state index contributed by atoms with van der Waals surface area (Å²) in [5.41, 5.74) is 31.5. The summed E-state index contributed by atoms with van der Waals surface area (Å²) in [6.07, 6.45) is 1.43. The Kier molecular flexibility index (Phi) is 54.5. The van der Waals surface area contributed by atoms with Gasteiger partial charge in [-0.25, -0.2) is 49.7 Å². The van der Waals surface area contributed by atoms with Gasteiger partial charge in [0.05, 0.1) is 110 Å². The van der Waals surface area contributed by atoms with Crippen LogP contribution in [-0.4, -0.2) is 138 Å². The van der Waals surface area contributed by atoms with E-state index in [0.717, 1.165) is 135 Å². The average Bonchev–Trinajstić information content (AvgIpc) is 0.793. The van der Waals surface area contributed by atoms with Crippen LogP contribution in [-0.2, 0) is 44.4 Å². The monoisotopic (exact) mass is 2180 g/mol. The van der Waals surface area contributed by atoms with E-state index >= 15 is 0 Å². The minimum Gasteiger partial charge on any atom is -0.499 e. The minimum absolute atomic E-state index is 0. The fourth-order valence-electron chi connectivity index (χ4n) is 9.59. The summed E-state index contributed by atoms with van der Waals surface area (Å²) in [7, 11) is 1.17. The first-order valence-corrected chi connectivity index (χ1v) is 47.6. The second kappa shape index (κ2) is 57.5. The number of allylic oxidation sites excluding steroid dienone is 1. The molecule has 0 atom stereocenters. The zero-order valence-electron chi connectivity index (χ0n) is 75.6. The Labute approximate surface area is 811 Å². The molecule has 6 aromatic carbocycles. The molecule has 700 valence electrons. The number of anilines is 4. The van der Waals surface area contributed by atoms with Gasteiger partial charge in [-0.15, -0.1) is 0 Å². The topological polar surface area (TPSA) is 473 Å². The van der Waals surface area contributed by atoms with Crippen LogP contribution in [0.15, 0.2) is 144 Å². The lowest BCUT2D eigenvalue weighted by atomic mass is 9.89. The zero-order chi connectivity index (χ0) is 96.9. The van der Waals surface area contributed by atoms with Crippen LogP contribution in [0.25, 0.3) is 55.2 Å². The first-order valence-electron chi connectivity index (χ1n) is 38.5. The fourth-order valence-corrected chi connectivity index (χ4v) is 11.7. The first kappa shape index (κ1) is 121. The third kappa shape index (κ3) is 49.4. The smallest absolute Gasteiger partial charge is 0.374 e. The molecule has 128 heavy (non-hydrogen) atoms. The molecule has 6 heterocycles. The summed E-state index contributed by atoms with van der Waals surface area (Å²) in [5, 5.41) is 14.2. The number of alkyl halides is 1.